The number of rotatable bonds is 4. The smallest absolute Gasteiger partial charge is 0.255 e. The van der Waals surface area contributed by atoms with Gasteiger partial charge < -0.3 is 9.73 Å². The van der Waals surface area contributed by atoms with E-state index >= 15 is 0 Å². The molecule has 0 aliphatic rings. The lowest BCUT2D eigenvalue weighted by molar-refractivity contribution is 0.0943. The predicted octanol–water partition coefficient (Wildman–Crippen LogP) is 3.86. The van der Waals surface area contributed by atoms with Crippen LogP contribution in [0.3, 0.4) is 0 Å². The van der Waals surface area contributed by atoms with Crippen LogP contribution in [-0.2, 0) is 0 Å². The lowest BCUT2D eigenvalue weighted by atomic mass is 10.1. The van der Waals surface area contributed by atoms with Gasteiger partial charge in [0.1, 0.15) is 6.26 Å². The van der Waals surface area contributed by atoms with Gasteiger partial charge in [0, 0.05) is 4.88 Å². The Morgan fingerprint density at radius 2 is 1.95 bits per heavy atom. The Kier molecular flexibility index (Phi) is 3.65. The number of carbonyl (C=O) groups excluding carboxylic acids is 1. The first-order chi connectivity index (χ1) is 9.84. The lowest BCUT2D eigenvalue weighted by Gasteiger charge is -2.17. The van der Waals surface area contributed by atoms with E-state index in [1.807, 2.05) is 47.8 Å². The number of nitrogens with one attached hydrogen (secondary N) is 1. The number of hydrogen-bond acceptors (Lipinski definition) is 3. The van der Waals surface area contributed by atoms with Crippen molar-refractivity contribution in [3.8, 4) is 0 Å². The van der Waals surface area contributed by atoms with Crippen LogP contribution in [0.4, 0.5) is 0 Å². The number of thiophene rings is 1. The van der Waals surface area contributed by atoms with E-state index in [4.69, 9.17) is 4.42 Å². The maximum atomic E-state index is 12.2. The molecule has 4 heteroatoms. The zero-order valence-electron chi connectivity index (χ0n) is 10.7. The Morgan fingerprint density at radius 3 is 2.60 bits per heavy atom. The third-order valence-electron chi connectivity index (χ3n) is 3.02. The molecule has 0 fully saturated rings. The Bertz CT molecular complexity index is 660. The normalized spacial score (nSPS) is 12.0. The van der Waals surface area contributed by atoms with Crippen LogP contribution in [-0.4, -0.2) is 5.91 Å². The number of hydrogen-bond donors (Lipinski definition) is 1. The van der Waals surface area contributed by atoms with E-state index in [0.717, 1.165) is 10.4 Å². The van der Waals surface area contributed by atoms with E-state index in [9.17, 15) is 4.79 Å². The van der Waals surface area contributed by atoms with Crippen molar-refractivity contribution in [3.63, 3.8) is 0 Å². The van der Waals surface area contributed by atoms with Gasteiger partial charge in [-0.3, -0.25) is 4.79 Å². The molecule has 20 heavy (non-hydrogen) atoms. The maximum Gasteiger partial charge on any atom is 0.255 e. The van der Waals surface area contributed by atoms with Crippen LogP contribution in [0.2, 0.25) is 0 Å². The number of amides is 1. The highest BCUT2D eigenvalue weighted by atomic mass is 32.1. The van der Waals surface area contributed by atoms with Gasteiger partial charge in [-0.15, -0.1) is 11.3 Å². The molecule has 0 saturated heterocycles. The van der Waals surface area contributed by atoms with Crippen LogP contribution in [0.1, 0.15) is 26.8 Å². The van der Waals surface area contributed by atoms with Gasteiger partial charge in [0.05, 0.1) is 17.9 Å². The second-order valence-corrected chi connectivity index (χ2v) is 5.32. The summed E-state index contributed by atoms with van der Waals surface area (Å²) in [7, 11) is 0. The van der Waals surface area contributed by atoms with Gasteiger partial charge in [-0.2, -0.15) is 0 Å². The predicted molar refractivity (Wildman–Crippen MR) is 78.8 cm³/mol. The molecule has 100 valence electrons. The quantitative estimate of drug-likeness (QED) is 0.790. The van der Waals surface area contributed by atoms with Crippen molar-refractivity contribution >= 4 is 17.2 Å². The van der Waals surface area contributed by atoms with Crippen LogP contribution < -0.4 is 5.32 Å². The highest BCUT2D eigenvalue weighted by molar-refractivity contribution is 7.10. The standard InChI is InChI=1S/C16H13NO2S/c18-16(13-8-9-19-11-13)17-15(14-7-4-10-20-14)12-5-2-1-3-6-12/h1-11,15H,(H,17,18). The Balaban J connectivity index is 1.89. The molecule has 2 heterocycles. The molecule has 1 amide bonds. The molecule has 3 aromatic rings. The monoisotopic (exact) mass is 283 g/mol. The fourth-order valence-corrected chi connectivity index (χ4v) is 2.83. The molecule has 0 bridgehead atoms. The third kappa shape index (κ3) is 2.65. The van der Waals surface area contributed by atoms with Gasteiger partial charge in [-0.25, -0.2) is 0 Å². The molecule has 2 aromatic heterocycles. The summed E-state index contributed by atoms with van der Waals surface area (Å²) >= 11 is 1.63. The minimum Gasteiger partial charge on any atom is -0.472 e. The summed E-state index contributed by atoms with van der Waals surface area (Å²) in [6.45, 7) is 0. The van der Waals surface area contributed by atoms with E-state index in [-0.39, 0.29) is 11.9 Å². The first kappa shape index (κ1) is 12.7. The molecule has 0 aliphatic heterocycles. The maximum absolute atomic E-state index is 12.2. The zero-order valence-corrected chi connectivity index (χ0v) is 11.5. The topological polar surface area (TPSA) is 42.2 Å². The molecular weight excluding hydrogens is 270 g/mol. The highest BCUT2D eigenvalue weighted by Gasteiger charge is 2.18. The molecule has 0 saturated carbocycles. The second-order valence-electron chi connectivity index (χ2n) is 4.34. The average Bonchev–Trinajstić information content (AvgIpc) is 3.18. The van der Waals surface area contributed by atoms with Crippen molar-refractivity contribution in [2.45, 2.75) is 6.04 Å². The van der Waals surface area contributed by atoms with E-state index in [1.54, 1.807) is 17.4 Å². The van der Waals surface area contributed by atoms with Gasteiger partial charge in [0.15, 0.2) is 0 Å². The van der Waals surface area contributed by atoms with Crippen LogP contribution in [0.25, 0.3) is 0 Å². The largest absolute Gasteiger partial charge is 0.472 e. The molecule has 3 nitrogen and oxygen atoms in total. The van der Waals surface area contributed by atoms with E-state index in [1.165, 1.54) is 12.5 Å². The summed E-state index contributed by atoms with van der Waals surface area (Å²) < 4.78 is 4.96. The number of furan rings is 1. The van der Waals surface area contributed by atoms with Crippen LogP contribution >= 0.6 is 11.3 Å². The minimum absolute atomic E-state index is 0.138. The van der Waals surface area contributed by atoms with E-state index < -0.39 is 0 Å². The second kappa shape index (κ2) is 5.75. The van der Waals surface area contributed by atoms with Crippen molar-refractivity contribution in [2.24, 2.45) is 0 Å². The first-order valence-corrected chi connectivity index (χ1v) is 7.14. The highest BCUT2D eigenvalue weighted by Crippen LogP contribution is 2.26. The summed E-state index contributed by atoms with van der Waals surface area (Å²) in [6.07, 6.45) is 2.95. The van der Waals surface area contributed by atoms with Crippen molar-refractivity contribution in [1.29, 1.82) is 0 Å². The van der Waals surface area contributed by atoms with Gasteiger partial charge >= 0.3 is 0 Å². The minimum atomic E-state index is -0.140. The molecule has 0 spiro atoms. The van der Waals surface area contributed by atoms with Gasteiger partial charge in [-0.05, 0) is 23.1 Å². The lowest BCUT2D eigenvalue weighted by Crippen LogP contribution is -2.28. The van der Waals surface area contributed by atoms with Crippen molar-refractivity contribution < 1.29 is 9.21 Å². The van der Waals surface area contributed by atoms with E-state index in [2.05, 4.69) is 5.32 Å². The Hall–Kier alpha value is -2.33. The molecule has 3 rings (SSSR count). The fourth-order valence-electron chi connectivity index (χ4n) is 2.03. The third-order valence-corrected chi connectivity index (χ3v) is 3.96. The van der Waals surface area contributed by atoms with Gasteiger partial charge in [0.2, 0.25) is 0 Å². The Morgan fingerprint density at radius 1 is 1.10 bits per heavy atom. The summed E-state index contributed by atoms with van der Waals surface area (Å²) in [5, 5.41) is 5.06. The van der Waals surface area contributed by atoms with Gasteiger partial charge in [-0.1, -0.05) is 36.4 Å². The SMILES string of the molecule is O=C(NC(c1ccccc1)c1cccs1)c1ccoc1. The zero-order chi connectivity index (χ0) is 13.8. The van der Waals surface area contributed by atoms with Crippen molar-refractivity contribution in [2.75, 3.05) is 0 Å². The van der Waals surface area contributed by atoms with Crippen molar-refractivity contribution in [1.82, 2.24) is 5.32 Å². The summed E-state index contributed by atoms with van der Waals surface area (Å²) in [6, 6.07) is 15.5. The molecule has 1 atom stereocenters. The molecule has 1 aromatic carbocycles. The summed E-state index contributed by atoms with van der Waals surface area (Å²) in [5.41, 5.74) is 1.59. The number of benzene rings is 1. The van der Waals surface area contributed by atoms with Crippen LogP contribution in [0, 0.1) is 0 Å². The number of carbonyl (C=O) groups is 1. The molecule has 0 radical (unpaired) electrons. The van der Waals surface area contributed by atoms with Crippen LogP contribution in [0.5, 0.6) is 0 Å². The van der Waals surface area contributed by atoms with Crippen molar-refractivity contribution in [3.05, 3.63) is 82.4 Å². The fraction of sp³-hybridized carbons (Fsp3) is 0.0625. The summed E-state index contributed by atoms with van der Waals surface area (Å²) in [5.74, 6) is -0.138. The Labute approximate surface area is 120 Å². The average molecular weight is 283 g/mol. The van der Waals surface area contributed by atoms with Gasteiger partial charge in [0.25, 0.3) is 5.91 Å². The molecule has 1 N–H and O–H groups in total. The first-order valence-electron chi connectivity index (χ1n) is 6.26. The van der Waals surface area contributed by atoms with E-state index in [0.29, 0.717) is 5.56 Å². The molecular formula is C16H13NO2S. The molecule has 1 unspecified atom stereocenters. The molecule has 0 aliphatic carbocycles. The summed E-state index contributed by atoms with van der Waals surface area (Å²) in [4.78, 5) is 13.3. The van der Waals surface area contributed by atoms with Crippen LogP contribution in [0.15, 0.2) is 70.9 Å².